The van der Waals surface area contributed by atoms with Crippen LogP contribution in [-0.2, 0) is 5.41 Å². The van der Waals surface area contributed by atoms with Gasteiger partial charge in [0.2, 0.25) is 0 Å². The Morgan fingerprint density at radius 2 is 1.62 bits per heavy atom. The largest absolute Gasteiger partial charge is 0.335 e. The van der Waals surface area contributed by atoms with Gasteiger partial charge in [-0.2, -0.15) is 0 Å². The summed E-state index contributed by atoms with van der Waals surface area (Å²) in [7, 11) is 2.16. The Bertz CT molecular complexity index is 782. The molecule has 1 spiro atoms. The lowest BCUT2D eigenvalue weighted by molar-refractivity contribution is -0.384. The molecule has 5 nitrogen and oxygen atoms in total. The number of likely N-dealkylation sites (tertiary alicyclic amines) is 1. The minimum absolute atomic E-state index is 0.104. The minimum atomic E-state index is -0.280. The number of nitro groups is 1. The van der Waals surface area contributed by atoms with E-state index in [1.54, 1.807) is 12.1 Å². The van der Waals surface area contributed by atoms with Crippen molar-refractivity contribution in [3.8, 4) is 0 Å². The van der Waals surface area contributed by atoms with E-state index in [0.29, 0.717) is 5.69 Å². The summed E-state index contributed by atoms with van der Waals surface area (Å²) in [6.45, 7) is 2.96. The van der Waals surface area contributed by atoms with Gasteiger partial charge in [0.05, 0.1) is 4.92 Å². The molecule has 0 bridgehead atoms. The molecule has 0 unspecified atom stereocenters. The Morgan fingerprint density at radius 1 is 1.00 bits per heavy atom. The zero-order valence-electron chi connectivity index (χ0n) is 13.8. The van der Waals surface area contributed by atoms with Crippen LogP contribution in [0.3, 0.4) is 0 Å². The van der Waals surface area contributed by atoms with Crippen LogP contribution in [0.5, 0.6) is 0 Å². The van der Waals surface area contributed by atoms with Gasteiger partial charge in [0.25, 0.3) is 5.69 Å². The number of anilines is 2. The van der Waals surface area contributed by atoms with Crippen molar-refractivity contribution in [3.63, 3.8) is 0 Å². The Balaban J connectivity index is 1.81. The quantitative estimate of drug-likeness (QED) is 0.624. The number of hydrogen-bond donors (Lipinski definition) is 0. The normalized spacial score (nSPS) is 19.5. The summed E-state index contributed by atoms with van der Waals surface area (Å²) in [6.07, 6.45) is 2.19. The summed E-state index contributed by atoms with van der Waals surface area (Å²) in [5.74, 6) is 0. The molecule has 0 aromatic heterocycles. The number of nitro benzene ring substituents is 1. The zero-order valence-corrected chi connectivity index (χ0v) is 13.8. The van der Waals surface area contributed by atoms with Crippen molar-refractivity contribution in [2.24, 2.45) is 0 Å². The second kappa shape index (κ2) is 5.60. The molecule has 2 aromatic rings. The average Bonchev–Trinajstić information content (AvgIpc) is 2.92. The van der Waals surface area contributed by atoms with Crippen LogP contribution in [0.25, 0.3) is 0 Å². The standard InChI is InChI=1S/C19H21N3O2/c1-20-12-10-19(11-13-20)14-21(16-7-3-2-6-15(16)19)17-8-4-5-9-18(17)22(23)24/h2-9H,10-14H2,1H3. The number of benzene rings is 2. The summed E-state index contributed by atoms with van der Waals surface area (Å²) in [5.41, 5.74) is 3.45. The third-order valence-corrected chi connectivity index (χ3v) is 5.54. The van der Waals surface area contributed by atoms with Gasteiger partial charge >= 0.3 is 0 Å². The van der Waals surface area contributed by atoms with Crippen LogP contribution < -0.4 is 4.90 Å². The molecule has 0 amide bonds. The zero-order chi connectivity index (χ0) is 16.7. The van der Waals surface area contributed by atoms with Crippen LogP contribution in [-0.4, -0.2) is 36.5 Å². The van der Waals surface area contributed by atoms with E-state index >= 15 is 0 Å². The summed E-state index contributed by atoms with van der Waals surface area (Å²) in [4.78, 5) is 15.7. The lowest BCUT2D eigenvalue weighted by Crippen LogP contribution is -2.43. The first-order valence-electron chi connectivity index (χ1n) is 8.40. The smallest absolute Gasteiger partial charge is 0.292 e. The molecular formula is C19H21N3O2. The molecule has 0 N–H and O–H groups in total. The molecule has 1 fully saturated rings. The summed E-state index contributed by atoms with van der Waals surface area (Å²) >= 11 is 0. The maximum atomic E-state index is 11.5. The van der Waals surface area contributed by atoms with E-state index in [2.05, 4.69) is 35.0 Å². The van der Waals surface area contributed by atoms with Gasteiger partial charge in [0.15, 0.2) is 0 Å². The van der Waals surface area contributed by atoms with Crippen LogP contribution in [0.1, 0.15) is 18.4 Å². The molecule has 24 heavy (non-hydrogen) atoms. The Kier molecular flexibility index (Phi) is 3.53. The first-order chi connectivity index (χ1) is 11.6. The van der Waals surface area contributed by atoms with Crippen molar-refractivity contribution in [2.45, 2.75) is 18.3 Å². The number of rotatable bonds is 2. The lowest BCUT2D eigenvalue weighted by Gasteiger charge is -2.38. The molecule has 0 aliphatic carbocycles. The second-order valence-corrected chi connectivity index (χ2v) is 6.93. The van der Waals surface area contributed by atoms with Gasteiger partial charge in [-0.25, -0.2) is 0 Å². The molecule has 2 heterocycles. The van der Waals surface area contributed by atoms with Crippen LogP contribution in [0.4, 0.5) is 17.1 Å². The highest BCUT2D eigenvalue weighted by atomic mass is 16.6. The van der Waals surface area contributed by atoms with Crippen molar-refractivity contribution in [3.05, 3.63) is 64.2 Å². The number of piperidine rings is 1. The predicted molar refractivity (Wildman–Crippen MR) is 95.0 cm³/mol. The van der Waals surface area contributed by atoms with Gasteiger partial charge in [-0.1, -0.05) is 30.3 Å². The van der Waals surface area contributed by atoms with E-state index in [9.17, 15) is 10.1 Å². The van der Waals surface area contributed by atoms with Gasteiger partial charge in [0.1, 0.15) is 5.69 Å². The molecule has 2 aliphatic rings. The topological polar surface area (TPSA) is 49.6 Å². The summed E-state index contributed by atoms with van der Waals surface area (Å²) < 4.78 is 0. The predicted octanol–water partition coefficient (Wildman–Crippen LogP) is 3.71. The maximum Gasteiger partial charge on any atom is 0.292 e. The first-order valence-corrected chi connectivity index (χ1v) is 8.40. The molecule has 0 saturated carbocycles. The third kappa shape index (κ3) is 2.27. The van der Waals surface area contributed by atoms with Gasteiger partial charge < -0.3 is 9.80 Å². The van der Waals surface area contributed by atoms with E-state index in [1.807, 2.05) is 18.2 Å². The number of para-hydroxylation sites is 3. The van der Waals surface area contributed by atoms with Crippen molar-refractivity contribution in [1.82, 2.24) is 4.90 Å². The SMILES string of the molecule is CN1CCC2(CC1)CN(c1ccccc1[N+](=O)[O-])c1ccccc12. The van der Waals surface area contributed by atoms with Crippen LogP contribution in [0.15, 0.2) is 48.5 Å². The van der Waals surface area contributed by atoms with E-state index in [4.69, 9.17) is 0 Å². The van der Waals surface area contributed by atoms with E-state index in [0.717, 1.165) is 38.2 Å². The fraction of sp³-hybridized carbons (Fsp3) is 0.368. The van der Waals surface area contributed by atoms with Crippen LogP contribution in [0, 0.1) is 10.1 Å². The third-order valence-electron chi connectivity index (χ3n) is 5.54. The molecule has 2 aliphatic heterocycles. The molecule has 2 aromatic carbocycles. The number of hydrogen-bond acceptors (Lipinski definition) is 4. The Hall–Kier alpha value is -2.40. The summed E-state index contributed by atoms with van der Waals surface area (Å²) in [6, 6.07) is 15.5. The van der Waals surface area contributed by atoms with Crippen molar-refractivity contribution in [1.29, 1.82) is 0 Å². The van der Waals surface area contributed by atoms with E-state index in [1.165, 1.54) is 5.56 Å². The highest BCUT2D eigenvalue weighted by Crippen LogP contribution is 2.50. The molecule has 4 rings (SSSR count). The fourth-order valence-electron chi connectivity index (χ4n) is 4.17. The molecule has 5 heteroatoms. The van der Waals surface area contributed by atoms with Crippen molar-refractivity contribution >= 4 is 17.1 Å². The fourth-order valence-corrected chi connectivity index (χ4v) is 4.17. The van der Waals surface area contributed by atoms with Gasteiger partial charge in [-0.3, -0.25) is 10.1 Å². The van der Waals surface area contributed by atoms with E-state index < -0.39 is 0 Å². The monoisotopic (exact) mass is 323 g/mol. The van der Waals surface area contributed by atoms with E-state index in [-0.39, 0.29) is 16.0 Å². The molecule has 1 saturated heterocycles. The Labute approximate surface area is 141 Å². The maximum absolute atomic E-state index is 11.5. The molecule has 124 valence electrons. The van der Waals surface area contributed by atoms with Gasteiger partial charge in [-0.15, -0.1) is 0 Å². The molecular weight excluding hydrogens is 302 g/mol. The number of fused-ring (bicyclic) bond motifs is 2. The minimum Gasteiger partial charge on any atom is -0.335 e. The number of nitrogens with zero attached hydrogens (tertiary/aromatic N) is 3. The van der Waals surface area contributed by atoms with Crippen molar-refractivity contribution < 1.29 is 4.92 Å². The highest BCUT2D eigenvalue weighted by Gasteiger charge is 2.45. The van der Waals surface area contributed by atoms with Crippen LogP contribution in [0.2, 0.25) is 0 Å². The summed E-state index contributed by atoms with van der Waals surface area (Å²) in [5, 5.41) is 11.5. The highest BCUT2D eigenvalue weighted by molar-refractivity contribution is 5.78. The van der Waals surface area contributed by atoms with Gasteiger partial charge in [0, 0.05) is 23.7 Å². The Morgan fingerprint density at radius 3 is 2.33 bits per heavy atom. The lowest BCUT2D eigenvalue weighted by atomic mass is 9.74. The van der Waals surface area contributed by atoms with Crippen LogP contribution >= 0.6 is 0 Å². The van der Waals surface area contributed by atoms with Gasteiger partial charge in [-0.05, 0) is 50.7 Å². The average molecular weight is 323 g/mol. The first kappa shape index (κ1) is 15.1. The second-order valence-electron chi connectivity index (χ2n) is 6.93. The molecule has 0 radical (unpaired) electrons. The molecule has 0 atom stereocenters. The van der Waals surface area contributed by atoms with Crippen molar-refractivity contribution in [2.75, 3.05) is 31.6 Å².